The zero-order valence-corrected chi connectivity index (χ0v) is 20.5. The molecule has 3 aromatic heterocycles. The molecule has 188 valence electrons. The predicted molar refractivity (Wildman–Crippen MR) is 138 cm³/mol. The van der Waals surface area contributed by atoms with Gasteiger partial charge in [0.05, 0.1) is 18.2 Å². The van der Waals surface area contributed by atoms with Gasteiger partial charge in [-0.05, 0) is 69.6 Å². The molecule has 1 fully saturated rings. The van der Waals surface area contributed by atoms with Crippen molar-refractivity contribution in [1.29, 1.82) is 5.26 Å². The molecule has 1 aliphatic rings. The number of ketones is 1. The quantitative estimate of drug-likeness (QED) is 0.332. The van der Waals surface area contributed by atoms with Gasteiger partial charge in [0.2, 0.25) is 5.91 Å². The van der Waals surface area contributed by atoms with E-state index in [9.17, 15) is 9.59 Å². The molecule has 4 heterocycles. The molecule has 1 saturated heterocycles. The Bertz CT molecular complexity index is 1100. The number of hydrogen-bond acceptors (Lipinski definition) is 7. The summed E-state index contributed by atoms with van der Waals surface area (Å²) in [5, 5.41) is 18.2. The molecule has 1 aliphatic heterocycles. The van der Waals surface area contributed by atoms with E-state index in [-0.39, 0.29) is 18.1 Å². The van der Waals surface area contributed by atoms with Crippen molar-refractivity contribution in [1.82, 2.24) is 25.1 Å². The minimum Gasteiger partial charge on any atom is -0.309 e. The third kappa shape index (κ3) is 9.39. The molecule has 0 aromatic carbocycles. The number of Topliss-reactive ketones (excluding diaryl/α,β-unsaturated/α-hetero) is 1. The molecule has 0 bridgehead atoms. The molecule has 3 aromatic rings. The fourth-order valence-corrected chi connectivity index (χ4v) is 3.96. The molecule has 0 spiro atoms. The highest BCUT2D eigenvalue weighted by molar-refractivity contribution is 5.97. The lowest BCUT2D eigenvalue weighted by Gasteiger charge is -2.19. The Kier molecular flexibility index (Phi) is 11.3. The first kappa shape index (κ1) is 26.7. The molecule has 0 saturated carbocycles. The lowest BCUT2D eigenvalue weighted by molar-refractivity contribution is -0.116. The van der Waals surface area contributed by atoms with Crippen molar-refractivity contribution in [2.75, 3.05) is 25.0 Å². The molecule has 2 N–H and O–H groups in total. The Morgan fingerprint density at radius 2 is 1.64 bits per heavy atom. The molecular weight excluding hydrogens is 454 g/mol. The summed E-state index contributed by atoms with van der Waals surface area (Å²) < 4.78 is 0. The summed E-state index contributed by atoms with van der Waals surface area (Å²) in [7, 11) is 0. The fourth-order valence-electron chi connectivity index (χ4n) is 3.96. The number of nitriles is 1. The van der Waals surface area contributed by atoms with E-state index in [0.717, 1.165) is 30.6 Å². The van der Waals surface area contributed by atoms with Crippen molar-refractivity contribution >= 4 is 17.5 Å². The van der Waals surface area contributed by atoms with Crippen molar-refractivity contribution in [3.8, 4) is 17.3 Å². The summed E-state index contributed by atoms with van der Waals surface area (Å²) in [6.07, 6.45) is 14.4. The summed E-state index contributed by atoms with van der Waals surface area (Å²) in [4.78, 5) is 33.4. The molecule has 0 atom stereocenters. The second-order valence-corrected chi connectivity index (χ2v) is 8.66. The second-order valence-electron chi connectivity index (χ2n) is 8.66. The van der Waals surface area contributed by atoms with E-state index in [4.69, 9.17) is 5.26 Å². The Labute approximate surface area is 212 Å². The highest BCUT2D eigenvalue weighted by atomic mass is 16.1. The van der Waals surface area contributed by atoms with Crippen LogP contribution in [-0.2, 0) is 4.79 Å². The van der Waals surface area contributed by atoms with Crippen LogP contribution in [-0.4, -0.2) is 56.4 Å². The topological polar surface area (TPSA) is 128 Å². The minimum absolute atomic E-state index is 0.0312. The third-order valence-corrected chi connectivity index (χ3v) is 5.91. The summed E-state index contributed by atoms with van der Waals surface area (Å²) >= 11 is 0. The van der Waals surface area contributed by atoms with Gasteiger partial charge in [0.1, 0.15) is 0 Å². The predicted octanol–water partition coefficient (Wildman–Crippen LogP) is 4.63. The van der Waals surface area contributed by atoms with Gasteiger partial charge < -0.3 is 10.2 Å². The number of pyridine rings is 2. The molecule has 0 radical (unpaired) electrons. The van der Waals surface area contributed by atoms with Gasteiger partial charge in [0.25, 0.3) is 0 Å². The Hall–Kier alpha value is -3.90. The van der Waals surface area contributed by atoms with Crippen LogP contribution in [0.25, 0.3) is 11.3 Å². The number of nitrogens with one attached hydrogen (secondary N) is 2. The molecule has 36 heavy (non-hydrogen) atoms. The number of unbranched alkanes of at least 4 members (excludes halogenated alkanes) is 1. The van der Waals surface area contributed by atoms with Crippen LogP contribution in [0.3, 0.4) is 0 Å². The third-order valence-electron chi connectivity index (χ3n) is 5.91. The molecule has 4 rings (SSSR count). The number of aromatic nitrogens is 4. The van der Waals surface area contributed by atoms with Crippen LogP contribution in [0.5, 0.6) is 0 Å². The van der Waals surface area contributed by atoms with E-state index in [2.05, 4.69) is 30.4 Å². The van der Waals surface area contributed by atoms with Crippen molar-refractivity contribution < 1.29 is 9.59 Å². The lowest BCUT2D eigenvalue weighted by Crippen LogP contribution is -2.25. The number of likely N-dealkylation sites (tertiary alicyclic amines) is 1. The first-order valence-corrected chi connectivity index (χ1v) is 12.4. The SMILES string of the molecule is N#CCC(=O)c1ccncc1.O=C(CCCCN1CCCCCC1)Nc1cc(-c2ccncc2)[nH]n1. The summed E-state index contributed by atoms with van der Waals surface area (Å²) in [6, 6.07) is 10.7. The van der Waals surface area contributed by atoms with Crippen molar-refractivity contribution in [2.24, 2.45) is 0 Å². The summed E-state index contributed by atoms with van der Waals surface area (Å²) in [5.41, 5.74) is 2.42. The maximum Gasteiger partial charge on any atom is 0.225 e. The van der Waals surface area contributed by atoms with Crippen LogP contribution in [0.2, 0.25) is 0 Å². The van der Waals surface area contributed by atoms with Gasteiger partial charge in [-0.25, -0.2) is 0 Å². The van der Waals surface area contributed by atoms with Gasteiger partial charge in [-0.2, -0.15) is 10.4 Å². The normalized spacial score (nSPS) is 13.5. The van der Waals surface area contributed by atoms with E-state index in [1.165, 1.54) is 51.2 Å². The number of nitrogens with zero attached hydrogens (tertiary/aromatic N) is 5. The van der Waals surface area contributed by atoms with E-state index in [1.807, 2.05) is 18.2 Å². The van der Waals surface area contributed by atoms with Crippen LogP contribution in [0.15, 0.2) is 55.1 Å². The van der Waals surface area contributed by atoms with Crippen LogP contribution in [0, 0.1) is 11.3 Å². The molecule has 1 amide bonds. The molecule has 0 unspecified atom stereocenters. The maximum absolute atomic E-state index is 12.1. The van der Waals surface area contributed by atoms with Crippen LogP contribution < -0.4 is 5.32 Å². The highest BCUT2D eigenvalue weighted by Gasteiger charge is 2.10. The Balaban J connectivity index is 0.000000275. The average Bonchev–Trinajstić information content (AvgIpc) is 3.22. The molecular formula is C27H33N7O2. The van der Waals surface area contributed by atoms with E-state index in [0.29, 0.717) is 17.8 Å². The zero-order valence-electron chi connectivity index (χ0n) is 20.5. The van der Waals surface area contributed by atoms with E-state index in [1.54, 1.807) is 30.6 Å². The van der Waals surface area contributed by atoms with Gasteiger partial charge in [-0.15, -0.1) is 0 Å². The number of anilines is 1. The molecule has 9 nitrogen and oxygen atoms in total. The summed E-state index contributed by atoms with van der Waals surface area (Å²) in [5.74, 6) is 0.447. The van der Waals surface area contributed by atoms with E-state index >= 15 is 0 Å². The Morgan fingerprint density at radius 1 is 0.972 bits per heavy atom. The van der Waals surface area contributed by atoms with Gasteiger partial charge >= 0.3 is 0 Å². The number of aromatic amines is 1. The minimum atomic E-state index is -0.157. The second kappa shape index (κ2) is 15.2. The first-order valence-electron chi connectivity index (χ1n) is 12.4. The monoisotopic (exact) mass is 487 g/mol. The number of carbonyl (C=O) groups excluding carboxylic acids is 2. The van der Waals surface area contributed by atoms with E-state index < -0.39 is 0 Å². The molecule has 0 aliphatic carbocycles. The highest BCUT2D eigenvalue weighted by Crippen LogP contribution is 2.18. The van der Waals surface area contributed by atoms with Gasteiger partial charge in [0, 0.05) is 48.4 Å². The number of hydrogen-bond donors (Lipinski definition) is 2. The number of rotatable bonds is 9. The van der Waals surface area contributed by atoms with Crippen molar-refractivity contribution in [3.63, 3.8) is 0 Å². The van der Waals surface area contributed by atoms with Crippen LogP contribution in [0.4, 0.5) is 5.82 Å². The number of H-pyrrole nitrogens is 1. The van der Waals surface area contributed by atoms with Gasteiger partial charge in [-0.1, -0.05) is 12.8 Å². The van der Waals surface area contributed by atoms with Crippen molar-refractivity contribution in [3.05, 3.63) is 60.7 Å². The average molecular weight is 488 g/mol. The van der Waals surface area contributed by atoms with Crippen molar-refractivity contribution in [2.45, 2.75) is 51.4 Å². The smallest absolute Gasteiger partial charge is 0.225 e. The largest absolute Gasteiger partial charge is 0.309 e. The zero-order chi connectivity index (χ0) is 25.4. The van der Waals surface area contributed by atoms with Crippen LogP contribution in [0.1, 0.15) is 61.7 Å². The first-order chi connectivity index (χ1) is 17.7. The van der Waals surface area contributed by atoms with Crippen LogP contribution >= 0.6 is 0 Å². The van der Waals surface area contributed by atoms with Gasteiger partial charge in [-0.3, -0.25) is 24.7 Å². The summed E-state index contributed by atoms with van der Waals surface area (Å²) in [6.45, 7) is 3.55. The Morgan fingerprint density at radius 3 is 2.31 bits per heavy atom. The standard InChI is InChI=1S/C19H27N5O.C8H6N2O/c25-19(7-3-6-14-24-12-4-1-2-5-13-24)21-18-15-17(22-23-18)16-8-10-20-11-9-16;9-4-1-8(11)7-2-5-10-6-3-7/h8-11,15H,1-7,12-14H2,(H2,21,22,23,25);2-3,5-6H,1H2. The maximum atomic E-state index is 12.1. The molecule has 9 heteroatoms. The number of amides is 1. The lowest BCUT2D eigenvalue weighted by atomic mass is 10.1. The fraction of sp³-hybridized carbons (Fsp3) is 0.407. The van der Waals surface area contributed by atoms with Gasteiger partial charge in [0.15, 0.2) is 11.6 Å². The number of carbonyl (C=O) groups is 2.